The minimum Gasteiger partial charge on any atom is -0.478 e. The van der Waals surface area contributed by atoms with E-state index in [1.807, 2.05) is 24.5 Å². The summed E-state index contributed by atoms with van der Waals surface area (Å²) < 4.78 is 0. The number of hydrogen-bond donors (Lipinski definition) is 1. The molecule has 0 radical (unpaired) electrons. The van der Waals surface area contributed by atoms with Crippen LogP contribution in [0.1, 0.15) is 120 Å². The van der Waals surface area contributed by atoms with Crippen LogP contribution in [-0.4, -0.2) is 21.0 Å². The van der Waals surface area contributed by atoms with Gasteiger partial charge in [-0.05, 0) is 54.0 Å². The van der Waals surface area contributed by atoms with Crippen LogP contribution in [0.25, 0.3) is 17.5 Å². The Morgan fingerprint density at radius 1 is 0.912 bits per heavy atom. The fourth-order valence-corrected chi connectivity index (χ4v) is 4.49. The van der Waals surface area contributed by atoms with Gasteiger partial charge in [-0.1, -0.05) is 97.1 Å². The van der Waals surface area contributed by atoms with Crippen molar-refractivity contribution in [1.82, 2.24) is 9.97 Å². The van der Waals surface area contributed by atoms with Crippen LogP contribution in [0, 0.1) is 0 Å². The highest BCUT2D eigenvalue weighted by atomic mass is 16.4. The Morgan fingerprint density at radius 3 is 2.12 bits per heavy atom. The van der Waals surface area contributed by atoms with Crippen LogP contribution >= 0.6 is 0 Å². The Balaban J connectivity index is 1.88. The molecule has 4 nitrogen and oxygen atoms in total. The van der Waals surface area contributed by atoms with Gasteiger partial charge in [0.1, 0.15) is 0 Å². The number of aromatic nitrogens is 2. The van der Waals surface area contributed by atoms with Gasteiger partial charge in [0.05, 0.1) is 0 Å². The van der Waals surface area contributed by atoms with Crippen molar-refractivity contribution < 1.29 is 9.90 Å². The van der Waals surface area contributed by atoms with E-state index >= 15 is 0 Å². The van der Waals surface area contributed by atoms with E-state index in [0.717, 1.165) is 41.8 Å². The highest BCUT2D eigenvalue weighted by Crippen LogP contribution is 2.29. The second-order valence-corrected chi connectivity index (χ2v) is 9.55. The smallest absolute Gasteiger partial charge is 0.328 e. The zero-order chi connectivity index (χ0) is 24.6. The summed E-state index contributed by atoms with van der Waals surface area (Å²) in [5.41, 5.74) is 4.28. The monoisotopic (exact) mass is 464 g/mol. The Labute approximate surface area is 206 Å². The molecule has 34 heavy (non-hydrogen) atoms. The van der Waals surface area contributed by atoms with Gasteiger partial charge in [-0.3, -0.25) is 0 Å². The van der Waals surface area contributed by atoms with Gasteiger partial charge >= 0.3 is 5.97 Å². The lowest BCUT2D eigenvalue weighted by Gasteiger charge is -2.15. The van der Waals surface area contributed by atoms with Gasteiger partial charge in [0.15, 0.2) is 5.82 Å². The molecule has 2 rings (SSSR count). The summed E-state index contributed by atoms with van der Waals surface area (Å²) >= 11 is 0. The molecule has 186 valence electrons. The molecule has 0 aliphatic heterocycles. The molecule has 0 spiro atoms. The van der Waals surface area contributed by atoms with E-state index in [1.54, 1.807) is 6.08 Å². The van der Waals surface area contributed by atoms with E-state index in [-0.39, 0.29) is 0 Å². The maximum absolute atomic E-state index is 11.0. The van der Waals surface area contributed by atoms with Crippen LogP contribution in [0.15, 0.2) is 36.7 Å². The summed E-state index contributed by atoms with van der Waals surface area (Å²) in [7, 11) is 0. The average Bonchev–Trinajstić information content (AvgIpc) is 2.84. The molecule has 1 aromatic heterocycles. The molecule has 0 fully saturated rings. The third kappa shape index (κ3) is 10.2. The van der Waals surface area contributed by atoms with Crippen LogP contribution in [0.5, 0.6) is 0 Å². The number of hydrogen-bond acceptors (Lipinski definition) is 3. The summed E-state index contributed by atoms with van der Waals surface area (Å²) in [5, 5.41) is 9.01. The van der Waals surface area contributed by atoms with Crippen molar-refractivity contribution in [3.63, 3.8) is 0 Å². The predicted octanol–water partition coefficient (Wildman–Crippen LogP) is 8.61. The zero-order valence-electron chi connectivity index (χ0n) is 21.6. The number of aryl methyl sites for hydroxylation is 1. The summed E-state index contributed by atoms with van der Waals surface area (Å²) in [6, 6.07) is 6.09. The molecule has 0 saturated heterocycles. The minimum absolute atomic E-state index is 0.342. The SMILES string of the molecule is CCCCCCCCCCCCc1cnc(-c2ccc(/C=C/C(=O)O)c(C(C)CCC)c2)nc1. The van der Waals surface area contributed by atoms with Crippen molar-refractivity contribution in [1.29, 1.82) is 0 Å². The van der Waals surface area contributed by atoms with E-state index in [9.17, 15) is 4.79 Å². The third-order valence-electron chi connectivity index (χ3n) is 6.53. The molecular weight excluding hydrogens is 420 g/mol. The highest BCUT2D eigenvalue weighted by molar-refractivity contribution is 5.85. The van der Waals surface area contributed by atoms with E-state index in [0.29, 0.717) is 5.92 Å². The standard InChI is InChI=1S/C30H44N2O2/c1-4-6-7-8-9-10-11-12-13-14-16-25-22-31-30(32-23-25)27-18-17-26(19-20-29(33)34)28(21-27)24(3)15-5-2/h17-24H,4-16H2,1-3H3,(H,33,34)/b20-19+. The van der Waals surface area contributed by atoms with Gasteiger partial charge in [0.2, 0.25) is 0 Å². The van der Waals surface area contributed by atoms with E-state index < -0.39 is 5.97 Å². The van der Waals surface area contributed by atoms with Crippen LogP contribution < -0.4 is 0 Å². The van der Waals surface area contributed by atoms with Gasteiger partial charge in [0.25, 0.3) is 0 Å². The first-order chi connectivity index (χ1) is 16.5. The molecule has 0 bridgehead atoms. The Hall–Kier alpha value is -2.49. The Kier molecular flexibility index (Phi) is 13.2. The van der Waals surface area contributed by atoms with Crippen LogP contribution in [0.3, 0.4) is 0 Å². The Morgan fingerprint density at radius 2 is 1.53 bits per heavy atom. The maximum Gasteiger partial charge on any atom is 0.328 e. The molecule has 0 aliphatic carbocycles. The number of rotatable bonds is 17. The molecule has 1 aromatic carbocycles. The summed E-state index contributed by atoms with van der Waals surface area (Å²) in [6.07, 6.45) is 23.4. The first-order valence-corrected chi connectivity index (χ1v) is 13.4. The predicted molar refractivity (Wildman–Crippen MR) is 143 cm³/mol. The molecule has 0 aliphatic rings. The first kappa shape index (κ1) is 27.8. The summed E-state index contributed by atoms with van der Waals surface area (Å²) in [4.78, 5) is 20.3. The van der Waals surface area contributed by atoms with Gasteiger partial charge in [0, 0.05) is 24.0 Å². The van der Waals surface area contributed by atoms with Crippen molar-refractivity contribution in [3.8, 4) is 11.4 Å². The first-order valence-electron chi connectivity index (χ1n) is 13.4. The van der Waals surface area contributed by atoms with E-state index in [2.05, 4.69) is 36.8 Å². The maximum atomic E-state index is 11.0. The second kappa shape index (κ2) is 16.2. The number of carboxylic acid groups (broad SMARTS) is 1. The van der Waals surface area contributed by atoms with Gasteiger partial charge in [-0.2, -0.15) is 0 Å². The number of carboxylic acids is 1. The quantitative estimate of drug-likeness (QED) is 0.188. The molecular formula is C30H44N2O2. The molecule has 4 heteroatoms. The van der Waals surface area contributed by atoms with Gasteiger partial charge in [-0.25, -0.2) is 14.8 Å². The molecule has 1 heterocycles. The second-order valence-electron chi connectivity index (χ2n) is 9.55. The normalized spacial score (nSPS) is 12.3. The van der Waals surface area contributed by atoms with Gasteiger partial charge in [-0.15, -0.1) is 0 Å². The van der Waals surface area contributed by atoms with Gasteiger partial charge < -0.3 is 5.11 Å². The summed E-state index contributed by atoms with van der Waals surface area (Å²) in [6.45, 7) is 6.63. The molecule has 2 aromatic rings. The fourth-order valence-electron chi connectivity index (χ4n) is 4.49. The number of nitrogens with zero attached hydrogens (tertiary/aromatic N) is 2. The third-order valence-corrected chi connectivity index (χ3v) is 6.53. The molecule has 1 N–H and O–H groups in total. The van der Waals surface area contributed by atoms with Crippen LogP contribution in [-0.2, 0) is 11.2 Å². The van der Waals surface area contributed by atoms with Crippen molar-refractivity contribution in [2.45, 2.75) is 110 Å². The molecule has 0 amide bonds. The van der Waals surface area contributed by atoms with Crippen LogP contribution in [0.2, 0.25) is 0 Å². The summed E-state index contributed by atoms with van der Waals surface area (Å²) in [5.74, 6) is 0.138. The lowest BCUT2D eigenvalue weighted by atomic mass is 9.90. The van der Waals surface area contributed by atoms with Crippen molar-refractivity contribution in [2.24, 2.45) is 0 Å². The number of aliphatic carboxylic acids is 1. The topological polar surface area (TPSA) is 63.1 Å². The lowest BCUT2D eigenvalue weighted by Crippen LogP contribution is -1.99. The molecule has 0 saturated carbocycles. The van der Waals surface area contributed by atoms with E-state index in [1.165, 1.54) is 75.8 Å². The number of carbonyl (C=O) groups is 1. The highest BCUT2D eigenvalue weighted by Gasteiger charge is 2.12. The molecule has 1 atom stereocenters. The molecule has 1 unspecified atom stereocenters. The van der Waals surface area contributed by atoms with Crippen molar-refractivity contribution in [3.05, 3.63) is 53.4 Å². The Bertz CT molecular complexity index is 874. The largest absolute Gasteiger partial charge is 0.478 e. The number of unbranched alkanes of at least 4 members (excludes halogenated alkanes) is 9. The average molecular weight is 465 g/mol. The lowest BCUT2D eigenvalue weighted by molar-refractivity contribution is -0.131. The minimum atomic E-state index is -0.931. The van der Waals surface area contributed by atoms with E-state index in [4.69, 9.17) is 5.11 Å². The fraction of sp³-hybridized carbons (Fsp3) is 0.567. The van der Waals surface area contributed by atoms with Crippen molar-refractivity contribution in [2.75, 3.05) is 0 Å². The van der Waals surface area contributed by atoms with Crippen LogP contribution in [0.4, 0.5) is 0 Å². The number of benzene rings is 1. The zero-order valence-corrected chi connectivity index (χ0v) is 21.6. The van der Waals surface area contributed by atoms with Crippen molar-refractivity contribution >= 4 is 12.0 Å².